The van der Waals surface area contributed by atoms with Crippen LogP contribution in [-0.2, 0) is 0 Å². The van der Waals surface area contributed by atoms with Gasteiger partial charge in [0.05, 0.1) is 0 Å². The molecule has 4 nitrogen and oxygen atoms in total. The number of ketones is 1. The second kappa shape index (κ2) is 6.45. The van der Waals surface area contributed by atoms with Crippen LogP contribution in [0.5, 0.6) is 0 Å². The van der Waals surface area contributed by atoms with E-state index in [0.717, 1.165) is 11.3 Å². The first-order valence-electron chi connectivity index (χ1n) is 6.70. The molecule has 112 valence electrons. The van der Waals surface area contributed by atoms with Crippen molar-refractivity contribution < 1.29 is 4.79 Å². The van der Waals surface area contributed by atoms with Gasteiger partial charge in [0, 0.05) is 17.1 Å². The van der Waals surface area contributed by atoms with E-state index in [4.69, 9.17) is 17.3 Å². The minimum atomic E-state index is 0.0378. The van der Waals surface area contributed by atoms with Gasteiger partial charge in [-0.05, 0) is 30.5 Å². The molecule has 0 saturated heterocycles. The van der Waals surface area contributed by atoms with Gasteiger partial charge in [-0.1, -0.05) is 42.9 Å². The number of nitrogens with one attached hydrogen (secondary N) is 1. The van der Waals surface area contributed by atoms with Crippen LogP contribution in [0.2, 0.25) is 5.02 Å². The largest absolute Gasteiger partial charge is 0.382 e. The molecule has 2 aromatic rings. The molecule has 1 heterocycles. The Morgan fingerprint density at radius 1 is 1.48 bits per heavy atom. The van der Waals surface area contributed by atoms with Gasteiger partial charge in [0.2, 0.25) is 0 Å². The van der Waals surface area contributed by atoms with Crippen LogP contribution in [0.3, 0.4) is 0 Å². The van der Waals surface area contributed by atoms with Crippen molar-refractivity contribution in [2.75, 3.05) is 11.1 Å². The van der Waals surface area contributed by atoms with Crippen molar-refractivity contribution in [3.05, 3.63) is 33.7 Å². The number of nitrogens with zero attached hydrogens (tertiary/aromatic N) is 1. The Kier molecular flexibility index (Phi) is 4.85. The third-order valence-electron chi connectivity index (χ3n) is 3.01. The van der Waals surface area contributed by atoms with E-state index in [1.54, 1.807) is 0 Å². The zero-order chi connectivity index (χ0) is 15.6. The summed E-state index contributed by atoms with van der Waals surface area (Å²) in [6, 6.07) is 5.60. The molecule has 1 aromatic carbocycles. The number of carbonyl (C=O) groups is 1. The lowest BCUT2D eigenvalue weighted by Gasteiger charge is -2.07. The Hall–Kier alpha value is -1.59. The number of hydrogen-bond donors (Lipinski definition) is 2. The Balaban J connectivity index is 2.23. The molecule has 0 aliphatic carbocycles. The molecule has 3 N–H and O–H groups in total. The highest BCUT2D eigenvalue weighted by molar-refractivity contribution is 7.18. The molecule has 0 aliphatic rings. The number of halogens is 1. The average molecular weight is 324 g/mol. The molecule has 0 unspecified atom stereocenters. The fourth-order valence-electron chi connectivity index (χ4n) is 1.91. The van der Waals surface area contributed by atoms with Crippen LogP contribution in [0.15, 0.2) is 18.2 Å². The van der Waals surface area contributed by atoms with E-state index in [9.17, 15) is 4.79 Å². The van der Waals surface area contributed by atoms with Crippen molar-refractivity contribution in [3.63, 3.8) is 0 Å². The van der Waals surface area contributed by atoms with Crippen molar-refractivity contribution in [1.82, 2.24) is 4.98 Å². The molecule has 0 aliphatic heterocycles. The SMILES string of the molecule is Cc1c(Cl)cccc1Nc1nc(N)c(C(=O)CC(C)C)s1. The van der Waals surface area contributed by atoms with Gasteiger partial charge in [-0.3, -0.25) is 4.79 Å². The molecule has 6 heteroatoms. The maximum atomic E-state index is 12.1. The third kappa shape index (κ3) is 3.74. The molecule has 2 rings (SSSR count). The summed E-state index contributed by atoms with van der Waals surface area (Å²) in [5.41, 5.74) is 7.65. The fourth-order valence-corrected chi connectivity index (χ4v) is 2.93. The summed E-state index contributed by atoms with van der Waals surface area (Å²) in [6.45, 7) is 5.93. The van der Waals surface area contributed by atoms with Crippen molar-refractivity contribution in [2.45, 2.75) is 27.2 Å². The topological polar surface area (TPSA) is 68.0 Å². The van der Waals surface area contributed by atoms with E-state index in [2.05, 4.69) is 10.3 Å². The summed E-state index contributed by atoms with van der Waals surface area (Å²) < 4.78 is 0. The van der Waals surface area contributed by atoms with Crippen LogP contribution >= 0.6 is 22.9 Å². The van der Waals surface area contributed by atoms with Crippen LogP contribution in [0.1, 0.15) is 35.5 Å². The highest BCUT2D eigenvalue weighted by Gasteiger charge is 2.17. The van der Waals surface area contributed by atoms with Crippen LogP contribution in [0.25, 0.3) is 0 Å². The minimum absolute atomic E-state index is 0.0378. The Labute approximate surface area is 133 Å². The predicted octanol–water partition coefficient (Wildman–Crippen LogP) is 4.66. The molecular formula is C15H18ClN3OS. The number of nitrogens with two attached hydrogens (primary N) is 1. The Morgan fingerprint density at radius 2 is 2.19 bits per heavy atom. The Morgan fingerprint density at radius 3 is 2.86 bits per heavy atom. The van der Waals surface area contributed by atoms with Crippen molar-refractivity contribution >= 4 is 45.4 Å². The number of thiazole rings is 1. The molecule has 0 spiro atoms. The quantitative estimate of drug-likeness (QED) is 0.785. The summed E-state index contributed by atoms with van der Waals surface area (Å²) >= 11 is 7.37. The van der Waals surface area contributed by atoms with Crippen LogP contribution in [0.4, 0.5) is 16.6 Å². The van der Waals surface area contributed by atoms with Crippen molar-refractivity contribution in [3.8, 4) is 0 Å². The number of Topliss-reactive ketones (excluding diaryl/α,β-unsaturated/α-hetero) is 1. The van der Waals surface area contributed by atoms with Crippen LogP contribution in [0, 0.1) is 12.8 Å². The van der Waals surface area contributed by atoms with Gasteiger partial charge in [-0.15, -0.1) is 0 Å². The number of carbonyl (C=O) groups excluding carboxylic acids is 1. The molecule has 0 radical (unpaired) electrons. The molecular weight excluding hydrogens is 306 g/mol. The van der Waals surface area contributed by atoms with Gasteiger partial charge < -0.3 is 11.1 Å². The van der Waals surface area contributed by atoms with E-state index in [0.29, 0.717) is 27.4 Å². The third-order valence-corrected chi connectivity index (χ3v) is 4.45. The number of benzene rings is 1. The molecule has 0 saturated carbocycles. The zero-order valence-electron chi connectivity index (χ0n) is 12.2. The number of aromatic nitrogens is 1. The smallest absolute Gasteiger partial charge is 0.189 e. The number of nitrogen functional groups attached to an aromatic ring is 1. The minimum Gasteiger partial charge on any atom is -0.382 e. The first-order chi connectivity index (χ1) is 9.88. The predicted molar refractivity (Wildman–Crippen MR) is 89.8 cm³/mol. The van der Waals surface area contributed by atoms with E-state index >= 15 is 0 Å². The lowest BCUT2D eigenvalue weighted by atomic mass is 10.1. The standard InChI is InChI=1S/C15H18ClN3OS/c1-8(2)7-12(20)13-14(17)19-15(21-13)18-11-6-4-5-10(16)9(11)3/h4-6,8H,7,17H2,1-3H3,(H,18,19). The summed E-state index contributed by atoms with van der Waals surface area (Å²) in [5, 5.41) is 4.46. The second-order valence-corrected chi connectivity index (χ2v) is 6.70. The molecule has 0 bridgehead atoms. The van der Waals surface area contributed by atoms with Gasteiger partial charge in [0.25, 0.3) is 0 Å². The summed E-state index contributed by atoms with van der Waals surface area (Å²) in [6.07, 6.45) is 0.474. The maximum absolute atomic E-state index is 12.1. The monoisotopic (exact) mass is 323 g/mol. The maximum Gasteiger partial charge on any atom is 0.189 e. The lowest BCUT2D eigenvalue weighted by Crippen LogP contribution is -2.04. The molecule has 1 aromatic heterocycles. The van der Waals surface area contributed by atoms with Gasteiger partial charge in [-0.2, -0.15) is 0 Å². The first-order valence-corrected chi connectivity index (χ1v) is 7.89. The highest BCUT2D eigenvalue weighted by atomic mass is 35.5. The summed E-state index contributed by atoms with van der Waals surface area (Å²) in [5.74, 6) is 0.620. The second-order valence-electron chi connectivity index (χ2n) is 5.29. The van der Waals surface area contributed by atoms with Gasteiger partial charge in [0.15, 0.2) is 10.9 Å². The van der Waals surface area contributed by atoms with Gasteiger partial charge in [0.1, 0.15) is 10.7 Å². The van der Waals surface area contributed by atoms with E-state index in [1.807, 2.05) is 39.0 Å². The normalized spacial score (nSPS) is 10.9. The number of anilines is 3. The number of hydrogen-bond acceptors (Lipinski definition) is 5. The van der Waals surface area contributed by atoms with Gasteiger partial charge >= 0.3 is 0 Å². The lowest BCUT2D eigenvalue weighted by molar-refractivity contribution is 0.0972. The van der Waals surface area contributed by atoms with Crippen LogP contribution in [-0.4, -0.2) is 10.8 Å². The fraction of sp³-hybridized carbons (Fsp3) is 0.333. The molecule has 0 amide bonds. The van der Waals surface area contributed by atoms with Crippen LogP contribution < -0.4 is 11.1 Å². The van der Waals surface area contributed by atoms with Crippen molar-refractivity contribution in [2.24, 2.45) is 5.92 Å². The van der Waals surface area contributed by atoms with E-state index in [-0.39, 0.29) is 11.6 Å². The molecule has 0 fully saturated rings. The summed E-state index contributed by atoms with van der Waals surface area (Å²) in [7, 11) is 0. The van der Waals surface area contributed by atoms with E-state index in [1.165, 1.54) is 11.3 Å². The zero-order valence-corrected chi connectivity index (χ0v) is 13.8. The Bertz CT molecular complexity index is 667. The number of rotatable bonds is 5. The first kappa shape index (κ1) is 15.8. The average Bonchev–Trinajstić information content (AvgIpc) is 2.75. The van der Waals surface area contributed by atoms with E-state index < -0.39 is 0 Å². The highest BCUT2D eigenvalue weighted by Crippen LogP contribution is 2.31. The van der Waals surface area contributed by atoms with Gasteiger partial charge in [-0.25, -0.2) is 4.98 Å². The molecule has 0 atom stereocenters. The van der Waals surface area contributed by atoms with Crippen molar-refractivity contribution in [1.29, 1.82) is 0 Å². The summed E-state index contributed by atoms with van der Waals surface area (Å²) in [4.78, 5) is 16.8. The molecule has 21 heavy (non-hydrogen) atoms.